The molecule has 0 aliphatic carbocycles. The van der Waals surface area contributed by atoms with E-state index in [1.165, 1.54) is 0 Å². The smallest absolute Gasteiger partial charge is 0.320 e. The van der Waals surface area contributed by atoms with Crippen molar-refractivity contribution in [1.82, 2.24) is 10.2 Å². The molecule has 1 heterocycles. The molecule has 0 amide bonds. The first kappa shape index (κ1) is 8.49. The summed E-state index contributed by atoms with van der Waals surface area (Å²) in [6.07, 6.45) is 0.862. The molecule has 1 rings (SSSR count). The van der Waals surface area contributed by atoms with Gasteiger partial charge in [0, 0.05) is 6.54 Å². The van der Waals surface area contributed by atoms with Gasteiger partial charge in [0.05, 0.1) is 6.17 Å². The molecule has 0 spiro atoms. The number of nitrogens with one attached hydrogen (secondary N) is 1. The highest BCUT2D eigenvalue weighted by atomic mass is 16.4. The zero-order valence-electron chi connectivity index (χ0n) is 6.87. The number of carbonyl (C=O) groups is 1. The van der Waals surface area contributed by atoms with Crippen molar-refractivity contribution in [3.05, 3.63) is 0 Å². The van der Waals surface area contributed by atoms with Gasteiger partial charge < -0.3 is 5.11 Å². The molecule has 0 radical (unpaired) electrons. The van der Waals surface area contributed by atoms with E-state index in [-0.39, 0.29) is 12.2 Å². The Balaban J connectivity index is 2.46. The lowest BCUT2D eigenvalue weighted by Crippen LogP contribution is -2.55. The largest absolute Gasteiger partial charge is 0.480 e. The van der Waals surface area contributed by atoms with Crippen molar-refractivity contribution in [2.24, 2.45) is 0 Å². The Labute approximate surface area is 66.2 Å². The molecule has 1 aliphatic heterocycles. The summed E-state index contributed by atoms with van der Waals surface area (Å²) >= 11 is 0. The molecule has 11 heavy (non-hydrogen) atoms. The lowest BCUT2D eigenvalue weighted by atomic mass is 10.1. The van der Waals surface area contributed by atoms with Crippen molar-refractivity contribution >= 4 is 5.97 Å². The first-order chi connectivity index (χ1) is 5.11. The fraction of sp³-hybridized carbons (Fsp3) is 0.857. The molecule has 2 atom stereocenters. The molecule has 0 aromatic rings. The van der Waals surface area contributed by atoms with Gasteiger partial charge >= 0.3 is 5.97 Å². The van der Waals surface area contributed by atoms with Crippen LogP contribution in [0.15, 0.2) is 0 Å². The second-order valence-corrected chi connectivity index (χ2v) is 3.00. The fourth-order valence-electron chi connectivity index (χ4n) is 1.22. The SMILES string of the molecule is CC1N[C@H](C(=O)O)CCN1C. The summed E-state index contributed by atoms with van der Waals surface area (Å²) in [4.78, 5) is 12.6. The monoisotopic (exact) mass is 158 g/mol. The molecule has 4 heteroatoms. The fourth-order valence-corrected chi connectivity index (χ4v) is 1.22. The van der Waals surface area contributed by atoms with E-state index >= 15 is 0 Å². The van der Waals surface area contributed by atoms with Crippen LogP contribution in [0.4, 0.5) is 0 Å². The van der Waals surface area contributed by atoms with Crippen LogP contribution in [0.2, 0.25) is 0 Å². The Morgan fingerprint density at radius 3 is 2.82 bits per heavy atom. The van der Waals surface area contributed by atoms with Gasteiger partial charge in [-0.05, 0) is 20.4 Å². The summed E-state index contributed by atoms with van der Waals surface area (Å²) in [5, 5.41) is 11.7. The number of hydrogen-bond acceptors (Lipinski definition) is 3. The van der Waals surface area contributed by atoms with Crippen LogP contribution in [0.3, 0.4) is 0 Å². The highest BCUT2D eigenvalue weighted by Crippen LogP contribution is 2.06. The molecule has 0 aromatic carbocycles. The lowest BCUT2D eigenvalue weighted by Gasteiger charge is -2.34. The van der Waals surface area contributed by atoms with Crippen LogP contribution in [-0.2, 0) is 4.79 Å². The molecule has 0 bridgehead atoms. The van der Waals surface area contributed by atoms with Crippen LogP contribution in [0.1, 0.15) is 13.3 Å². The zero-order chi connectivity index (χ0) is 8.43. The van der Waals surface area contributed by atoms with E-state index in [9.17, 15) is 4.79 Å². The van der Waals surface area contributed by atoms with Crippen LogP contribution in [0.25, 0.3) is 0 Å². The quantitative estimate of drug-likeness (QED) is 0.550. The zero-order valence-corrected chi connectivity index (χ0v) is 6.87. The van der Waals surface area contributed by atoms with Gasteiger partial charge in [0.1, 0.15) is 6.04 Å². The van der Waals surface area contributed by atoms with Crippen molar-refractivity contribution in [3.63, 3.8) is 0 Å². The highest BCUT2D eigenvalue weighted by molar-refractivity contribution is 5.73. The van der Waals surface area contributed by atoms with Gasteiger partial charge in [-0.1, -0.05) is 0 Å². The molecule has 0 saturated carbocycles. The molecule has 1 unspecified atom stereocenters. The molecular weight excluding hydrogens is 144 g/mol. The summed E-state index contributed by atoms with van der Waals surface area (Å²) in [5.74, 6) is -0.745. The van der Waals surface area contributed by atoms with Crippen LogP contribution < -0.4 is 5.32 Å². The average Bonchev–Trinajstić information content (AvgIpc) is 1.94. The van der Waals surface area contributed by atoms with E-state index in [0.717, 1.165) is 6.54 Å². The minimum Gasteiger partial charge on any atom is -0.480 e. The van der Waals surface area contributed by atoms with Gasteiger partial charge in [0.15, 0.2) is 0 Å². The standard InChI is InChI=1S/C7H14N2O2/c1-5-8-6(7(10)11)3-4-9(5)2/h5-6,8H,3-4H2,1-2H3,(H,10,11)/t5?,6-/m0/s1. The van der Waals surface area contributed by atoms with Crippen LogP contribution >= 0.6 is 0 Å². The minimum absolute atomic E-state index is 0.171. The van der Waals surface area contributed by atoms with Gasteiger partial charge in [-0.25, -0.2) is 0 Å². The molecule has 4 nitrogen and oxygen atoms in total. The molecular formula is C7H14N2O2. The molecule has 1 saturated heterocycles. The second-order valence-electron chi connectivity index (χ2n) is 3.00. The number of hydrogen-bond donors (Lipinski definition) is 2. The number of rotatable bonds is 1. The van der Waals surface area contributed by atoms with Crippen molar-refractivity contribution in [1.29, 1.82) is 0 Å². The van der Waals surface area contributed by atoms with E-state index in [2.05, 4.69) is 10.2 Å². The second kappa shape index (κ2) is 3.19. The van der Waals surface area contributed by atoms with Gasteiger partial charge in [0.2, 0.25) is 0 Å². The van der Waals surface area contributed by atoms with Crippen molar-refractivity contribution in [2.75, 3.05) is 13.6 Å². The van der Waals surface area contributed by atoms with Gasteiger partial charge in [0.25, 0.3) is 0 Å². The van der Waals surface area contributed by atoms with Crippen LogP contribution in [-0.4, -0.2) is 41.8 Å². The minimum atomic E-state index is -0.745. The summed E-state index contributed by atoms with van der Waals surface area (Å²) in [5.41, 5.74) is 0. The maximum Gasteiger partial charge on any atom is 0.320 e. The first-order valence-electron chi connectivity index (χ1n) is 3.80. The molecule has 64 valence electrons. The lowest BCUT2D eigenvalue weighted by molar-refractivity contribution is -0.141. The van der Waals surface area contributed by atoms with Gasteiger partial charge in [-0.2, -0.15) is 0 Å². The third-order valence-corrected chi connectivity index (χ3v) is 2.17. The maximum atomic E-state index is 10.5. The highest BCUT2D eigenvalue weighted by Gasteiger charge is 2.26. The molecule has 2 N–H and O–H groups in total. The third kappa shape index (κ3) is 1.91. The average molecular weight is 158 g/mol. The Morgan fingerprint density at radius 1 is 1.73 bits per heavy atom. The molecule has 1 aliphatic rings. The van der Waals surface area contributed by atoms with Gasteiger partial charge in [-0.3, -0.25) is 15.0 Å². The van der Waals surface area contributed by atoms with E-state index in [1.54, 1.807) is 0 Å². The number of nitrogens with zero attached hydrogens (tertiary/aromatic N) is 1. The van der Waals surface area contributed by atoms with Crippen molar-refractivity contribution in [3.8, 4) is 0 Å². The molecule has 1 fully saturated rings. The van der Waals surface area contributed by atoms with E-state index in [4.69, 9.17) is 5.11 Å². The number of carboxylic acid groups (broad SMARTS) is 1. The van der Waals surface area contributed by atoms with E-state index < -0.39 is 5.97 Å². The first-order valence-corrected chi connectivity index (χ1v) is 3.80. The number of aliphatic carboxylic acids is 1. The topological polar surface area (TPSA) is 52.6 Å². The predicted molar refractivity (Wildman–Crippen MR) is 41.3 cm³/mol. The summed E-state index contributed by atoms with van der Waals surface area (Å²) in [6, 6.07) is -0.360. The summed E-state index contributed by atoms with van der Waals surface area (Å²) < 4.78 is 0. The van der Waals surface area contributed by atoms with E-state index in [0.29, 0.717) is 6.42 Å². The Morgan fingerprint density at radius 2 is 2.36 bits per heavy atom. The normalized spacial score (nSPS) is 33.6. The maximum absolute atomic E-state index is 10.5. The van der Waals surface area contributed by atoms with Crippen LogP contribution in [0.5, 0.6) is 0 Å². The summed E-state index contributed by atoms with van der Waals surface area (Å²) in [7, 11) is 1.98. The Hall–Kier alpha value is -0.610. The molecule has 0 aromatic heterocycles. The summed E-state index contributed by atoms with van der Waals surface area (Å²) in [6.45, 7) is 2.82. The van der Waals surface area contributed by atoms with Crippen molar-refractivity contribution < 1.29 is 9.90 Å². The Kier molecular flexibility index (Phi) is 2.46. The van der Waals surface area contributed by atoms with E-state index in [1.807, 2.05) is 14.0 Å². The third-order valence-electron chi connectivity index (χ3n) is 2.17. The van der Waals surface area contributed by atoms with Gasteiger partial charge in [-0.15, -0.1) is 0 Å². The van der Waals surface area contributed by atoms with Crippen LogP contribution in [0, 0.1) is 0 Å². The van der Waals surface area contributed by atoms with Crippen molar-refractivity contribution in [2.45, 2.75) is 25.6 Å². The Bertz CT molecular complexity index is 161. The number of carboxylic acids is 1. The predicted octanol–water partition coefficient (Wildman–Crippen LogP) is -0.289.